The number of phosphoric ester groups is 2. The molecule has 16 nitrogen and oxygen atoms in total. The molecule has 5 atom stereocenters. The van der Waals surface area contributed by atoms with E-state index < -0.39 is 91.5 Å². The minimum atomic E-state index is -4.95. The number of rotatable bonds is 84. The van der Waals surface area contributed by atoms with Crippen LogP contribution in [0.3, 0.4) is 0 Å². The molecule has 0 aliphatic heterocycles. The lowest BCUT2D eigenvalue weighted by atomic mass is 10.0. The van der Waals surface area contributed by atoms with Crippen molar-refractivity contribution in [2.75, 3.05) is 39.6 Å². The highest BCUT2D eigenvalue weighted by molar-refractivity contribution is 7.47. The average Bonchev–Trinajstić information content (AvgIpc) is 0.903. The summed E-state index contributed by atoms with van der Waals surface area (Å²) in [6.07, 6.45) is 115. The number of ether oxygens (including phenoxy) is 3. The Morgan fingerprint density at radius 3 is 0.730 bits per heavy atom. The number of carbonyl (C=O) groups is 3. The fourth-order valence-corrected chi connectivity index (χ4v) is 13.4. The zero-order chi connectivity index (χ0) is 83.6. The highest BCUT2D eigenvalue weighted by Crippen LogP contribution is 2.45. The molecule has 4 N–H and O–H groups in total. The average molecular weight is 1650 g/mol. The molecule has 115 heavy (non-hydrogen) atoms. The lowest BCUT2D eigenvalue weighted by Gasteiger charge is -2.21. The van der Waals surface area contributed by atoms with Crippen LogP contribution in [0.25, 0.3) is 0 Å². The van der Waals surface area contributed by atoms with Gasteiger partial charge in [-0.25, -0.2) is 9.13 Å². The van der Waals surface area contributed by atoms with Crippen LogP contribution in [0.15, 0.2) is 182 Å². The van der Waals surface area contributed by atoms with Crippen LogP contribution in [-0.4, -0.2) is 95.9 Å². The van der Waals surface area contributed by atoms with Crippen molar-refractivity contribution in [3.63, 3.8) is 0 Å². The lowest BCUT2D eigenvalue weighted by molar-refractivity contribution is -0.161. The second-order valence-corrected chi connectivity index (χ2v) is 32.5. The highest BCUT2D eigenvalue weighted by atomic mass is 31.2. The van der Waals surface area contributed by atoms with Crippen LogP contribution >= 0.6 is 15.6 Å². The van der Waals surface area contributed by atoms with Crippen LogP contribution in [-0.2, 0) is 55.8 Å². The number of aliphatic hydroxyl groups is 2. The third-order valence-corrected chi connectivity index (χ3v) is 20.5. The first-order valence-electron chi connectivity index (χ1n) is 45.1. The topological polar surface area (TPSA) is 231 Å². The van der Waals surface area contributed by atoms with Gasteiger partial charge in [-0.15, -0.1) is 0 Å². The minimum Gasteiger partial charge on any atom is -0.463 e. The molecular formula is C97H162O16P2. The second-order valence-electron chi connectivity index (χ2n) is 29.6. The molecule has 656 valence electrons. The number of aliphatic hydroxyl groups excluding tert-OH is 2. The highest BCUT2D eigenvalue weighted by Gasteiger charge is 2.29. The van der Waals surface area contributed by atoms with Gasteiger partial charge in [0.05, 0.1) is 26.4 Å². The lowest BCUT2D eigenvalue weighted by Crippen LogP contribution is -2.30. The van der Waals surface area contributed by atoms with E-state index in [9.17, 15) is 43.5 Å². The summed E-state index contributed by atoms with van der Waals surface area (Å²) in [5.41, 5.74) is 0. The predicted octanol–water partition coefficient (Wildman–Crippen LogP) is 27.7. The fraction of sp³-hybridized carbons (Fsp3) is 0.660. The Morgan fingerprint density at radius 2 is 0.461 bits per heavy atom. The van der Waals surface area contributed by atoms with Crippen LogP contribution in [0.5, 0.6) is 0 Å². The smallest absolute Gasteiger partial charge is 0.463 e. The molecule has 18 heteroatoms. The molecule has 0 spiro atoms. The first kappa shape index (κ1) is 110. The number of hydrogen-bond acceptors (Lipinski definition) is 14. The summed E-state index contributed by atoms with van der Waals surface area (Å²) in [6.45, 7) is 2.43. The molecule has 0 aromatic heterocycles. The molecule has 0 heterocycles. The van der Waals surface area contributed by atoms with Crippen molar-refractivity contribution in [2.24, 2.45) is 0 Å². The maximum absolute atomic E-state index is 13.1. The molecule has 0 aliphatic carbocycles. The van der Waals surface area contributed by atoms with E-state index in [0.29, 0.717) is 19.3 Å². The van der Waals surface area contributed by atoms with Crippen molar-refractivity contribution in [3.05, 3.63) is 182 Å². The number of hydrogen-bond donors (Lipinski definition) is 4. The van der Waals surface area contributed by atoms with Gasteiger partial charge in [0, 0.05) is 19.3 Å². The maximum atomic E-state index is 13.1. The molecule has 0 saturated heterocycles. The third-order valence-electron chi connectivity index (χ3n) is 18.6. The van der Waals surface area contributed by atoms with Crippen molar-refractivity contribution in [1.29, 1.82) is 0 Å². The van der Waals surface area contributed by atoms with Crippen molar-refractivity contribution in [1.82, 2.24) is 0 Å². The van der Waals surface area contributed by atoms with Gasteiger partial charge in [0.1, 0.15) is 25.4 Å². The van der Waals surface area contributed by atoms with E-state index in [0.717, 1.165) is 193 Å². The fourth-order valence-electron chi connectivity index (χ4n) is 11.8. The SMILES string of the molecule is CC/C=C\C/C=C\C/C=C\C/C=C\C/C=C\C/C=C\CCCCCCCCCCCCCCC(=O)OCC(O)COP(=O)(O)OCC(O)COP(=O)(O)OCC(COC(=O)CCCCCCCCCCC/C=C\C/C=C\C/C=C\C/C=C\CCCCC)OC(=O)CCCCCCCCC/C=C\C/C=C\C/C=C\C/C=C\C/C=C\CC. The van der Waals surface area contributed by atoms with Gasteiger partial charge in [-0.3, -0.25) is 32.5 Å². The summed E-state index contributed by atoms with van der Waals surface area (Å²) in [6, 6.07) is 0. The molecule has 0 radical (unpaired) electrons. The number of esters is 3. The van der Waals surface area contributed by atoms with Gasteiger partial charge >= 0.3 is 33.6 Å². The van der Waals surface area contributed by atoms with Crippen molar-refractivity contribution in [2.45, 2.75) is 373 Å². The Balaban J connectivity index is 4.64. The molecule has 0 aromatic rings. The standard InChI is InChI=1S/C97H162O16P2/c1-4-7-10-13-16-19-22-25-28-31-34-37-40-42-43-44-45-46-47-49-52-53-56-59-62-65-68-71-74-77-80-83-95(100)107-86-92(98)87-109-114(103,104)110-88-93(99)89-111-115(105,106)112-91-94(113-97(102)85-82-79-76-73-70-67-64-61-58-55-50-39-36-33-30-27-24-21-18-15-12-9-6-3)90-108-96(101)84-81-78-75-72-69-66-63-60-57-54-51-48-41-38-35-32-29-26-23-20-17-14-11-8-5-2/h7,9-10,12,16-21,25-30,34-39,42-43,45-46,48,51,55,58,92-94,98-99H,4-6,8,11,13-15,22-24,31-33,40-41,44,47,49-50,52-54,56-57,59-91H2,1-3H3,(H,103,104)(H,105,106)/b10-7-,12-9-,19-16-,20-17-,21-18-,28-25-,29-26-,30-27-,37-34-,38-35-,39-36-,43-42-,46-45-,51-48-,58-55-. The van der Waals surface area contributed by atoms with Gasteiger partial charge in [0.2, 0.25) is 0 Å². The summed E-state index contributed by atoms with van der Waals surface area (Å²) in [5.74, 6) is -1.60. The monoisotopic (exact) mass is 1650 g/mol. The molecular weight excluding hydrogens is 1480 g/mol. The van der Waals surface area contributed by atoms with E-state index in [1.807, 2.05) is 0 Å². The van der Waals surface area contributed by atoms with Gasteiger partial charge in [0.15, 0.2) is 6.10 Å². The van der Waals surface area contributed by atoms with E-state index in [4.69, 9.17) is 32.3 Å². The minimum absolute atomic E-state index is 0.0845. The van der Waals surface area contributed by atoms with Crippen LogP contribution in [0.4, 0.5) is 0 Å². The summed E-state index contributed by atoms with van der Waals surface area (Å²) < 4.78 is 61.5. The van der Waals surface area contributed by atoms with Crippen LogP contribution in [0.1, 0.15) is 355 Å². The van der Waals surface area contributed by atoms with Crippen LogP contribution < -0.4 is 0 Å². The summed E-state index contributed by atoms with van der Waals surface area (Å²) >= 11 is 0. The maximum Gasteiger partial charge on any atom is 0.472 e. The Hall–Kier alpha value is -5.35. The molecule has 0 aromatic carbocycles. The molecule has 0 saturated carbocycles. The Labute approximate surface area is 700 Å². The molecule has 0 rings (SSSR count). The summed E-state index contributed by atoms with van der Waals surface area (Å²) in [7, 11) is -9.82. The van der Waals surface area contributed by atoms with Gasteiger partial charge in [-0.05, 0) is 161 Å². The largest absolute Gasteiger partial charge is 0.472 e. The zero-order valence-corrected chi connectivity index (χ0v) is 73.9. The third kappa shape index (κ3) is 89.3. The Morgan fingerprint density at radius 1 is 0.252 bits per heavy atom. The summed E-state index contributed by atoms with van der Waals surface area (Å²) in [5, 5.41) is 20.7. The van der Waals surface area contributed by atoms with Crippen LogP contribution in [0, 0.1) is 0 Å². The van der Waals surface area contributed by atoms with E-state index in [1.165, 1.54) is 103 Å². The number of carbonyl (C=O) groups excluding carboxylic acids is 3. The normalized spacial score (nSPS) is 14.7. The molecule has 5 unspecified atom stereocenters. The first-order chi connectivity index (χ1) is 56.2. The second kappa shape index (κ2) is 87.9. The van der Waals surface area contributed by atoms with Gasteiger partial charge in [0.25, 0.3) is 0 Å². The Bertz CT molecular complexity index is 2820. The van der Waals surface area contributed by atoms with Crippen molar-refractivity contribution < 1.29 is 75.8 Å². The van der Waals surface area contributed by atoms with Crippen molar-refractivity contribution in [3.8, 4) is 0 Å². The van der Waals surface area contributed by atoms with Crippen molar-refractivity contribution >= 4 is 33.6 Å². The predicted molar refractivity (Wildman–Crippen MR) is 481 cm³/mol. The van der Waals surface area contributed by atoms with E-state index in [1.54, 1.807) is 0 Å². The molecule has 0 fully saturated rings. The quantitative estimate of drug-likeness (QED) is 0.0146. The molecule has 0 bridgehead atoms. The van der Waals surface area contributed by atoms with E-state index in [2.05, 4.69) is 203 Å². The van der Waals surface area contributed by atoms with Gasteiger partial charge in [-0.2, -0.15) is 0 Å². The zero-order valence-electron chi connectivity index (χ0n) is 72.1. The summed E-state index contributed by atoms with van der Waals surface area (Å²) in [4.78, 5) is 59.0. The molecule has 0 amide bonds. The number of allylic oxidation sites excluding steroid dienone is 30. The van der Waals surface area contributed by atoms with E-state index in [-0.39, 0.29) is 19.3 Å². The Kier molecular flexibility index (Phi) is 83.9. The van der Waals surface area contributed by atoms with Crippen LogP contribution in [0.2, 0.25) is 0 Å². The van der Waals surface area contributed by atoms with Gasteiger partial charge in [-0.1, -0.05) is 357 Å². The molecule has 0 aliphatic rings. The number of phosphoric acid groups is 2. The first-order valence-corrected chi connectivity index (χ1v) is 48.1. The van der Waals surface area contributed by atoms with Gasteiger partial charge < -0.3 is 34.2 Å². The number of unbranched alkanes of at least 4 members (excludes halogenated alkanes) is 31. The van der Waals surface area contributed by atoms with E-state index >= 15 is 0 Å².